The quantitative estimate of drug-likeness (QED) is 0.797. The summed E-state index contributed by atoms with van der Waals surface area (Å²) in [6, 6.07) is 1.22. The number of hydrogen-bond donors (Lipinski definition) is 1. The van der Waals surface area contributed by atoms with E-state index < -0.39 is 0 Å². The molecule has 1 N–H and O–H groups in total. The van der Waals surface area contributed by atoms with E-state index in [2.05, 4.69) is 34.2 Å². The zero-order valence-electron chi connectivity index (χ0n) is 10.0. The van der Waals surface area contributed by atoms with Gasteiger partial charge in [0.15, 0.2) is 5.82 Å². The zero-order valence-corrected chi connectivity index (χ0v) is 10.0. The van der Waals surface area contributed by atoms with Crippen molar-refractivity contribution in [1.82, 2.24) is 20.4 Å². The molecule has 1 unspecified atom stereocenters. The van der Waals surface area contributed by atoms with Crippen molar-refractivity contribution in [2.45, 2.75) is 38.8 Å². The van der Waals surface area contributed by atoms with E-state index in [1.807, 2.05) is 0 Å². The average molecular weight is 224 g/mol. The van der Waals surface area contributed by atoms with Crippen molar-refractivity contribution < 1.29 is 4.52 Å². The summed E-state index contributed by atoms with van der Waals surface area (Å²) in [5.41, 5.74) is 0. The Kier molecular flexibility index (Phi) is 3.90. The van der Waals surface area contributed by atoms with Crippen LogP contribution in [0.3, 0.4) is 0 Å². The topological polar surface area (TPSA) is 54.2 Å². The van der Waals surface area contributed by atoms with Crippen molar-refractivity contribution in [3.8, 4) is 0 Å². The highest BCUT2D eigenvalue weighted by molar-refractivity contribution is 4.85. The summed E-state index contributed by atoms with van der Waals surface area (Å²) in [7, 11) is 0. The first-order chi connectivity index (χ1) is 7.74. The fourth-order valence-corrected chi connectivity index (χ4v) is 2.20. The molecule has 90 valence electrons. The maximum atomic E-state index is 4.71. The van der Waals surface area contributed by atoms with Crippen molar-refractivity contribution in [2.75, 3.05) is 19.6 Å². The maximum Gasteiger partial charge on any atom is 0.213 e. The van der Waals surface area contributed by atoms with Crippen LogP contribution in [0.5, 0.6) is 0 Å². The van der Waals surface area contributed by atoms with Gasteiger partial charge in [-0.05, 0) is 13.0 Å². The Morgan fingerprint density at radius 2 is 2.50 bits per heavy atom. The van der Waals surface area contributed by atoms with E-state index in [0.717, 1.165) is 25.3 Å². The predicted octanol–water partition coefficient (Wildman–Crippen LogP) is 0.684. The number of nitrogens with zero attached hydrogens (tertiary/aromatic N) is 3. The van der Waals surface area contributed by atoms with Crippen LogP contribution in [-0.4, -0.2) is 46.8 Å². The maximum absolute atomic E-state index is 4.71. The number of hydrogen-bond acceptors (Lipinski definition) is 5. The first-order valence-corrected chi connectivity index (χ1v) is 5.97. The highest BCUT2D eigenvalue weighted by atomic mass is 16.5. The lowest BCUT2D eigenvalue weighted by Gasteiger charge is -2.17. The molecule has 0 amide bonds. The molecule has 5 heteroatoms. The number of nitrogens with one attached hydrogen (secondary N) is 1. The van der Waals surface area contributed by atoms with E-state index in [4.69, 9.17) is 4.52 Å². The monoisotopic (exact) mass is 224 g/mol. The number of aromatic nitrogens is 2. The lowest BCUT2D eigenvalue weighted by atomic mass is 10.2. The summed E-state index contributed by atoms with van der Waals surface area (Å²) in [5, 5.41) is 7.39. The summed E-state index contributed by atoms with van der Waals surface area (Å²) >= 11 is 0. The van der Waals surface area contributed by atoms with Gasteiger partial charge in [0.2, 0.25) is 6.39 Å². The normalized spacial score (nSPS) is 22.1. The van der Waals surface area contributed by atoms with E-state index in [0.29, 0.717) is 12.1 Å². The van der Waals surface area contributed by atoms with E-state index in [-0.39, 0.29) is 0 Å². The summed E-state index contributed by atoms with van der Waals surface area (Å²) in [4.78, 5) is 6.48. The molecule has 0 aromatic carbocycles. The van der Waals surface area contributed by atoms with Gasteiger partial charge in [-0.3, -0.25) is 0 Å². The number of rotatable bonds is 5. The van der Waals surface area contributed by atoms with Crippen LogP contribution in [0.25, 0.3) is 0 Å². The average Bonchev–Trinajstić information content (AvgIpc) is 2.84. The molecule has 0 radical (unpaired) electrons. The fraction of sp³-hybridized carbons (Fsp3) is 0.818. The van der Waals surface area contributed by atoms with Gasteiger partial charge in [0.1, 0.15) is 0 Å². The van der Waals surface area contributed by atoms with Gasteiger partial charge in [0.25, 0.3) is 0 Å². The standard InChI is InChI=1S/C11H20N4O/c1-9(2)13-10-3-5-15(7-10)6-4-11-12-8-16-14-11/h8-10,13H,3-7H2,1-2H3. The van der Waals surface area contributed by atoms with Crippen LogP contribution in [0.2, 0.25) is 0 Å². The largest absolute Gasteiger partial charge is 0.343 e. The summed E-state index contributed by atoms with van der Waals surface area (Å²) < 4.78 is 4.71. The molecule has 0 saturated carbocycles. The Labute approximate surface area is 96.2 Å². The third-order valence-electron chi connectivity index (χ3n) is 2.90. The van der Waals surface area contributed by atoms with Crippen LogP contribution in [0.1, 0.15) is 26.1 Å². The van der Waals surface area contributed by atoms with Crippen LogP contribution < -0.4 is 5.32 Å². The van der Waals surface area contributed by atoms with Gasteiger partial charge in [-0.15, -0.1) is 0 Å². The second-order valence-corrected chi connectivity index (χ2v) is 4.71. The SMILES string of the molecule is CC(C)NC1CCN(CCc2ncon2)C1. The first-order valence-electron chi connectivity index (χ1n) is 5.97. The fourth-order valence-electron chi connectivity index (χ4n) is 2.20. The molecule has 1 fully saturated rings. The Balaban J connectivity index is 1.69. The van der Waals surface area contributed by atoms with Crippen molar-refractivity contribution in [2.24, 2.45) is 0 Å². The van der Waals surface area contributed by atoms with Crippen molar-refractivity contribution in [1.29, 1.82) is 0 Å². The van der Waals surface area contributed by atoms with Gasteiger partial charge in [-0.1, -0.05) is 19.0 Å². The van der Waals surface area contributed by atoms with Crippen LogP contribution in [0, 0.1) is 0 Å². The van der Waals surface area contributed by atoms with E-state index in [1.165, 1.54) is 19.4 Å². The molecule has 5 nitrogen and oxygen atoms in total. The minimum absolute atomic E-state index is 0.571. The zero-order chi connectivity index (χ0) is 11.4. The van der Waals surface area contributed by atoms with Crippen LogP contribution in [0.4, 0.5) is 0 Å². The molecule has 0 spiro atoms. The Bertz CT molecular complexity index is 299. The van der Waals surface area contributed by atoms with Gasteiger partial charge < -0.3 is 14.7 Å². The van der Waals surface area contributed by atoms with E-state index >= 15 is 0 Å². The lowest BCUT2D eigenvalue weighted by molar-refractivity contribution is 0.322. The van der Waals surface area contributed by atoms with Gasteiger partial charge in [0.05, 0.1) is 0 Å². The van der Waals surface area contributed by atoms with Crippen molar-refractivity contribution >= 4 is 0 Å². The molecule has 1 aromatic rings. The van der Waals surface area contributed by atoms with E-state index in [1.54, 1.807) is 0 Å². The second kappa shape index (κ2) is 5.41. The molecule has 1 aliphatic rings. The smallest absolute Gasteiger partial charge is 0.213 e. The predicted molar refractivity (Wildman–Crippen MR) is 61.1 cm³/mol. The van der Waals surface area contributed by atoms with Crippen molar-refractivity contribution in [3.63, 3.8) is 0 Å². The summed E-state index contributed by atoms with van der Waals surface area (Å²) in [6.45, 7) is 7.72. The third kappa shape index (κ3) is 3.28. The highest BCUT2D eigenvalue weighted by Gasteiger charge is 2.22. The van der Waals surface area contributed by atoms with Gasteiger partial charge in [-0.25, -0.2) is 0 Å². The molecule has 16 heavy (non-hydrogen) atoms. The first kappa shape index (κ1) is 11.5. The molecule has 2 heterocycles. The van der Waals surface area contributed by atoms with Gasteiger partial charge in [-0.2, -0.15) is 4.98 Å². The van der Waals surface area contributed by atoms with Crippen molar-refractivity contribution in [3.05, 3.63) is 12.2 Å². The molecule has 2 rings (SSSR count). The molecule has 1 atom stereocenters. The third-order valence-corrected chi connectivity index (χ3v) is 2.90. The molecule has 0 aliphatic carbocycles. The summed E-state index contributed by atoms with van der Waals surface area (Å²) in [5.74, 6) is 0.806. The lowest BCUT2D eigenvalue weighted by Crippen LogP contribution is -2.37. The van der Waals surface area contributed by atoms with Crippen LogP contribution in [-0.2, 0) is 6.42 Å². The molecule has 1 saturated heterocycles. The molecular formula is C11H20N4O. The molecular weight excluding hydrogens is 204 g/mol. The van der Waals surface area contributed by atoms with Crippen LogP contribution in [0.15, 0.2) is 10.9 Å². The van der Waals surface area contributed by atoms with E-state index in [9.17, 15) is 0 Å². The Hall–Kier alpha value is -0.940. The highest BCUT2D eigenvalue weighted by Crippen LogP contribution is 2.10. The van der Waals surface area contributed by atoms with Gasteiger partial charge >= 0.3 is 0 Å². The molecule has 0 bridgehead atoms. The number of likely N-dealkylation sites (tertiary alicyclic amines) is 1. The Morgan fingerprint density at radius 3 is 3.19 bits per heavy atom. The molecule has 1 aromatic heterocycles. The van der Waals surface area contributed by atoms with Crippen LogP contribution >= 0.6 is 0 Å². The van der Waals surface area contributed by atoms with Gasteiger partial charge in [0, 0.05) is 31.6 Å². The minimum Gasteiger partial charge on any atom is -0.343 e. The minimum atomic E-state index is 0.571. The summed E-state index contributed by atoms with van der Waals surface area (Å²) in [6.07, 6.45) is 3.51. The molecule has 1 aliphatic heterocycles. The second-order valence-electron chi connectivity index (χ2n) is 4.71. The Morgan fingerprint density at radius 1 is 1.62 bits per heavy atom.